The minimum atomic E-state index is -0.0806. The van der Waals surface area contributed by atoms with Crippen LogP contribution in [0.4, 0.5) is 5.88 Å². The number of nitrogens with one attached hydrogen (secondary N) is 1. The molecule has 0 spiro atoms. The third-order valence-corrected chi connectivity index (χ3v) is 6.11. The van der Waals surface area contributed by atoms with Crippen molar-refractivity contribution in [1.82, 2.24) is 5.16 Å². The van der Waals surface area contributed by atoms with E-state index in [1.165, 1.54) is 5.56 Å². The zero-order chi connectivity index (χ0) is 17.7. The van der Waals surface area contributed by atoms with Crippen LogP contribution >= 0.6 is 11.3 Å². The first-order valence-electron chi connectivity index (χ1n) is 8.79. The number of benzene rings is 1. The molecule has 0 saturated heterocycles. The lowest BCUT2D eigenvalue weighted by Crippen LogP contribution is -2.29. The first-order chi connectivity index (χ1) is 12.7. The number of rotatable bonds is 2. The zero-order valence-electron chi connectivity index (χ0n) is 14.4. The van der Waals surface area contributed by atoms with Gasteiger partial charge in [-0.2, -0.15) is 11.3 Å². The second kappa shape index (κ2) is 5.95. The first kappa shape index (κ1) is 15.6. The van der Waals surface area contributed by atoms with Gasteiger partial charge in [0.25, 0.3) is 0 Å². The average molecular weight is 362 g/mol. The quantitative estimate of drug-likeness (QED) is 0.697. The van der Waals surface area contributed by atoms with Crippen molar-refractivity contribution in [3.63, 3.8) is 0 Å². The van der Waals surface area contributed by atoms with Crippen molar-refractivity contribution in [2.45, 2.75) is 31.6 Å². The van der Waals surface area contributed by atoms with Gasteiger partial charge in [-0.05, 0) is 47.2 Å². The summed E-state index contributed by atoms with van der Waals surface area (Å²) in [6, 6.07) is 12.4. The second-order valence-electron chi connectivity index (χ2n) is 6.96. The minimum absolute atomic E-state index is 0.0806. The summed E-state index contributed by atoms with van der Waals surface area (Å²) in [7, 11) is 0. The van der Waals surface area contributed by atoms with Crippen LogP contribution in [-0.4, -0.2) is 10.9 Å². The van der Waals surface area contributed by atoms with Gasteiger partial charge in [-0.15, -0.1) is 0 Å². The smallest absolute Gasteiger partial charge is 0.233 e. The highest BCUT2D eigenvalue weighted by Gasteiger charge is 2.41. The van der Waals surface area contributed by atoms with E-state index in [9.17, 15) is 4.79 Å². The Morgan fingerprint density at radius 1 is 1.15 bits per heavy atom. The van der Waals surface area contributed by atoms with Gasteiger partial charge in [0.2, 0.25) is 5.88 Å². The molecule has 4 nitrogen and oxygen atoms in total. The fraction of sp³-hybridized carbons (Fsp3) is 0.238. The van der Waals surface area contributed by atoms with Crippen LogP contribution in [0.15, 0.2) is 63.0 Å². The Bertz CT molecular complexity index is 1000. The van der Waals surface area contributed by atoms with Crippen molar-refractivity contribution < 1.29 is 9.32 Å². The van der Waals surface area contributed by atoms with Crippen LogP contribution in [0.1, 0.15) is 47.1 Å². The van der Waals surface area contributed by atoms with Crippen molar-refractivity contribution in [3.05, 3.63) is 80.8 Å². The van der Waals surface area contributed by atoms with E-state index in [1.807, 2.05) is 25.1 Å². The fourth-order valence-electron chi connectivity index (χ4n) is 4.21. The molecule has 3 heterocycles. The number of nitrogens with zero attached hydrogens (tertiary/aromatic N) is 1. The van der Waals surface area contributed by atoms with Gasteiger partial charge in [0.05, 0.1) is 11.3 Å². The van der Waals surface area contributed by atoms with Crippen molar-refractivity contribution in [2.75, 3.05) is 5.32 Å². The Labute approximate surface area is 155 Å². The van der Waals surface area contributed by atoms with Gasteiger partial charge < -0.3 is 9.84 Å². The second-order valence-corrected chi connectivity index (χ2v) is 7.74. The summed E-state index contributed by atoms with van der Waals surface area (Å²) in [5, 5.41) is 11.7. The summed E-state index contributed by atoms with van der Waals surface area (Å²) >= 11 is 1.65. The number of carbonyl (C=O) groups excluding carboxylic acids is 1. The van der Waals surface area contributed by atoms with Gasteiger partial charge in [-0.1, -0.05) is 35.5 Å². The van der Waals surface area contributed by atoms with Gasteiger partial charge in [0.1, 0.15) is 0 Å². The zero-order valence-corrected chi connectivity index (χ0v) is 15.2. The number of fused-ring (bicyclic) bond motifs is 1. The third-order valence-electron chi connectivity index (χ3n) is 5.41. The molecule has 26 heavy (non-hydrogen) atoms. The number of aryl methyl sites for hydroxylation is 1. The molecule has 0 radical (unpaired) electrons. The highest BCUT2D eigenvalue weighted by atomic mass is 32.1. The van der Waals surface area contributed by atoms with E-state index in [-0.39, 0.29) is 17.6 Å². The van der Waals surface area contributed by atoms with E-state index in [1.54, 1.807) is 11.3 Å². The Hall–Kier alpha value is -2.66. The molecule has 1 aromatic carbocycles. The first-order valence-corrected chi connectivity index (χ1v) is 9.73. The lowest BCUT2D eigenvalue weighted by Gasteiger charge is -2.34. The maximum Gasteiger partial charge on any atom is 0.233 e. The number of hydrogen-bond acceptors (Lipinski definition) is 5. The van der Waals surface area contributed by atoms with Crippen molar-refractivity contribution >= 4 is 23.0 Å². The SMILES string of the molecule is Cc1noc2c1[C@@H](c1ccsc1)C1=C(C[C@@H](c3ccccc3)CC1=O)N2. The normalized spacial score (nSPS) is 22.0. The molecule has 0 fully saturated rings. The molecule has 0 bridgehead atoms. The van der Waals surface area contributed by atoms with E-state index in [0.29, 0.717) is 12.3 Å². The Balaban J connectivity index is 1.62. The molecule has 0 unspecified atom stereocenters. The maximum atomic E-state index is 13.2. The van der Waals surface area contributed by atoms with Gasteiger partial charge in [0.15, 0.2) is 5.78 Å². The number of thiophene rings is 1. The van der Waals surface area contributed by atoms with Crippen LogP contribution in [0.25, 0.3) is 0 Å². The summed E-state index contributed by atoms with van der Waals surface area (Å²) in [6.45, 7) is 1.94. The predicted octanol–water partition coefficient (Wildman–Crippen LogP) is 5.00. The largest absolute Gasteiger partial charge is 0.338 e. The van der Waals surface area contributed by atoms with Gasteiger partial charge in [-0.25, -0.2) is 0 Å². The molecule has 0 saturated carbocycles. The molecule has 1 aliphatic heterocycles. The number of ketones is 1. The Morgan fingerprint density at radius 3 is 2.77 bits per heavy atom. The van der Waals surface area contributed by atoms with Crippen molar-refractivity contribution in [1.29, 1.82) is 0 Å². The van der Waals surface area contributed by atoms with Gasteiger partial charge >= 0.3 is 0 Å². The van der Waals surface area contributed by atoms with Gasteiger partial charge in [-0.3, -0.25) is 4.79 Å². The molecule has 1 aliphatic carbocycles. The Morgan fingerprint density at radius 2 is 2.00 bits per heavy atom. The molecule has 1 N–H and O–H groups in total. The van der Waals surface area contributed by atoms with Crippen molar-refractivity contribution in [2.24, 2.45) is 0 Å². The van der Waals surface area contributed by atoms with Gasteiger partial charge in [0, 0.05) is 23.6 Å². The monoisotopic (exact) mass is 362 g/mol. The standard InChI is InChI=1S/C21H18N2O2S/c1-12-18-19(14-7-8-26-11-14)20-16(22-21(18)25-23-12)9-15(10-17(20)24)13-5-3-2-4-6-13/h2-8,11,15,19,22H,9-10H2,1H3/t15-,19-/m1/s1. The highest BCUT2D eigenvalue weighted by molar-refractivity contribution is 7.08. The molecule has 130 valence electrons. The number of carbonyl (C=O) groups is 1. The molecule has 5 rings (SSSR count). The van der Waals surface area contributed by atoms with Crippen LogP contribution in [0.5, 0.6) is 0 Å². The topological polar surface area (TPSA) is 55.1 Å². The summed E-state index contributed by atoms with van der Waals surface area (Å²) in [5.41, 5.74) is 6.05. The van der Waals surface area contributed by atoms with Crippen LogP contribution in [0.3, 0.4) is 0 Å². The van der Waals surface area contributed by atoms with E-state index < -0.39 is 0 Å². The minimum Gasteiger partial charge on any atom is -0.338 e. The summed E-state index contributed by atoms with van der Waals surface area (Å²) in [4.78, 5) is 13.2. The number of aromatic nitrogens is 1. The van der Waals surface area contributed by atoms with Crippen molar-refractivity contribution in [3.8, 4) is 0 Å². The molecule has 0 amide bonds. The third kappa shape index (κ3) is 2.35. The highest BCUT2D eigenvalue weighted by Crippen LogP contribution is 2.49. The molecule has 2 aromatic heterocycles. The number of allylic oxidation sites excluding steroid dienone is 2. The van der Waals surface area contributed by atoms with E-state index in [0.717, 1.165) is 34.5 Å². The fourth-order valence-corrected chi connectivity index (χ4v) is 4.89. The number of anilines is 1. The summed E-state index contributed by atoms with van der Waals surface area (Å²) in [6.07, 6.45) is 1.36. The lowest BCUT2D eigenvalue weighted by molar-refractivity contribution is -0.116. The molecular weight excluding hydrogens is 344 g/mol. The molecule has 3 aromatic rings. The molecule has 2 aliphatic rings. The Kier molecular flexibility index (Phi) is 3.57. The number of hydrogen-bond donors (Lipinski definition) is 1. The predicted molar refractivity (Wildman–Crippen MR) is 101 cm³/mol. The van der Waals surface area contributed by atoms with E-state index >= 15 is 0 Å². The number of Topliss-reactive ketones (excluding diaryl/α,β-unsaturated/α-hetero) is 1. The van der Waals surface area contributed by atoms with E-state index in [4.69, 9.17) is 4.52 Å². The van der Waals surface area contributed by atoms with Crippen LogP contribution in [-0.2, 0) is 4.79 Å². The van der Waals surface area contributed by atoms with Crippen LogP contribution in [0.2, 0.25) is 0 Å². The van der Waals surface area contributed by atoms with Crippen LogP contribution in [0, 0.1) is 6.92 Å². The average Bonchev–Trinajstić information content (AvgIpc) is 3.31. The molecule has 2 atom stereocenters. The summed E-state index contributed by atoms with van der Waals surface area (Å²) < 4.78 is 5.54. The summed E-state index contributed by atoms with van der Waals surface area (Å²) in [5.74, 6) is 1.01. The van der Waals surface area contributed by atoms with E-state index in [2.05, 4.69) is 39.4 Å². The van der Waals surface area contributed by atoms with Crippen LogP contribution < -0.4 is 5.32 Å². The lowest BCUT2D eigenvalue weighted by atomic mass is 9.73. The molecule has 5 heteroatoms. The molecular formula is C21H18N2O2S. The maximum absolute atomic E-state index is 13.2.